The lowest BCUT2D eigenvalue weighted by Gasteiger charge is -2.10. The first-order valence-electron chi connectivity index (χ1n) is 6.42. The summed E-state index contributed by atoms with van der Waals surface area (Å²) in [6, 6.07) is 7.63. The molecule has 1 heterocycles. The van der Waals surface area contributed by atoms with Crippen molar-refractivity contribution in [3.63, 3.8) is 0 Å². The van der Waals surface area contributed by atoms with Crippen LogP contribution in [0.4, 0.5) is 16.2 Å². The molecule has 0 bridgehead atoms. The SMILES string of the molecule is COC(=O)Nc1cccc(NS(=O)(=O)c2cnc(Cl)c(C)c2)c1. The third-order valence-corrected chi connectivity index (χ3v) is 4.59. The highest BCUT2D eigenvalue weighted by molar-refractivity contribution is 7.92. The minimum Gasteiger partial charge on any atom is -0.453 e. The minimum absolute atomic E-state index is 0.00858. The second kappa shape index (κ2) is 6.84. The molecule has 2 rings (SSSR count). The molecule has 1 aromatic heterocycles. The zero-order valence-electron chi connectivity index (χ0n) is 12.3. The van der Waals surface area contributed by atoms with Gasteiger partial charge in [0.1, 0.15) is 10.0 Å². The highest BCUT2D eigenvalue weighted by Crippen LogP contribution is 2.21. The Hall–Kier alpha value is -2.32. The summed E-state index contributed by atoms with van der Waals surface area (Å²) < 4.78 is 31.6. The van der Waals surface area contributed by atoms with Crippen LogP contribution in [0.3, 0.4) is 0 Å². The number of aromatic nitrogens is 1. The van der Waals surface area contributed by atoms with Gasteiger partial charge in [0.25, 0.3) is 10.0 Å². The van der Waals surface area contributed by atoms with Crippen LogP contribution in [-0.4, -0.2) is 26.6 Å². The number of carbonyl (C=O) groups excluding carboxylic acids is 1. The van der Waals surface area contributed by atoms with Crippen LogP contribution in [0.25, 0.3) is 0 Å². The molecule has 0 spiro atoms. The molecule has 0 fully saturated rings. The van der Waals surface area contributed by atoms with Crippen molar-refractivity contribution in [3.05, 3.63) is 47.2 Å². The van der Waals surface area contributed by atoms with Gasteiger partial charge in [-0.2, -0.15) is 0 Å². The van der Waals surface area contributed by atoms with E-state index in [0.717, 1.165) is 0 Å². The lowest BCUT2D eigenvalue weighted by atomic mass is 10.3. The van der Waals surface area contributed by atoms with Gasteiger partial charge in [-0.15, -0.1) is 0 Å². The summed E-state index contributed by atoms with van der Waals surface area (Å²) in [4.78, 5) is 15.0. The fourth-order valence-corrected chi connectivity index (χ4v) is 2.90. The van der Waals surface area contributed by atoms with Crippen molar-refractivity contribution in [3.8, 4) is 0 Å². The third kappa shape index (κ3) is 4.33. The highest BCUT2D eigenvalue weighted by atomic mass is 35.5. The normalized spacial score (nSPS) is 10.9. The molecule has 0 aliphatic carbocycles. The molecule has 9 heteroatoms. The molecule has 0 saturated heterocycles. The van der Waals surface area contributed by atoms with Gasteiger partial charge >= 0.3 is 6.09 Å². The van der Waals surface area contributed by atoms with E-state index in [1.165, 1.54) is 25.4 Å². The van der Waals surface area contributed by atoms with Crippen LogP contribution in [0.2, 0.25) is 5.15 Å². The fourth-order valence-electron chi connectivity index (χ4n) is 1.72. The smallest absolute Gasteiger partial charge is 0.411 e. The van der Waals surface area contributed by atoms with E-state index < -0.39 is 16.1 Å². The Morgan fingerprint density at radius 3 is 2.61 bits per heavy atom. The molecule has 1 aromatic carbocycles. The van der Waals surface area contributed by atoms with E-state index in [0.29, 0.717) is 11.3 Å². The van der Waals surface area contributed by atoms with E-state index in [9.17, 15) is 13.2 Å². The third-order valence-electron chi connectivity index (χ3n) is 2.85. The number of benzene rings is 1. The Balaban J connectivity index is 2.25. The summed E-state index contributed by atoms with van der Waals surface area (Å²) in [6.45, 7) is 1.66. The number of methoxy groups -OCH3 is 1. The number of hydrogen-bond donors (Lipinski definition) is 2. The van der Waals surface area contributed by atoms with Crippen molar-refractivity contribution >= 4 is 39.1 Å². The van der Waals surface area contributed by atoms with E-state index in [-0.39, 0.29) is 15.7 Å². The molecule has 23 heavy (non-hydrogen) atoms. The second-order valence-electron chi connectivity index (χ2n) is 4.58. The maximum atomic E-state index is 12.3. The Kier molecular flexibility index (Phi) is 5.07. The molecular weight excluding hydrogens is 342 g/mol. The summed E-state index contributed by atoms with van der Waals surface area (Å²) in [5, 5.41) is 2.69. The zero-order valence-corrected chi connectivity index (χ0v) is 13.9. The summed E-state index contributed by atoms with van der Waals surface area (Å²) in [5.74, 6) is 0. The number of nitrogens with zero attached hydrogens (tertiary/aromatic N) is 1. The second-order valence-corrected chi connectivity index (χ2v) is 6.62. The zero-order chi connectivity index (χ0) is 17.0. The molecule has 0 aliphatic rings. The van der Waals surface area contributed by atoms with Gasteiger partial charge in [0, 0.05) is 11.9 Å². The van der Waals surface area contributed by atoms with Gasteiger partial charge in [-0.05, 0) is 36.8 Å². The largest absolute Gasteiger partial charge is 0.453 e. The predicted molar refractivity (Wildman–Crippen MR) is 87.3 cm³/mol. The first kappa shape index (κ1) is 17.0. The van der Waals surface area contributed by atoms with Crippen molar-refractivity contribution < 1.29 is 17.9 Å². The van der Waals surface area contributed by atoms with Gasteiger partial charge in [-0.1, -0.05) is 17.7 Å². The summed E-state index contributed by atoms with van der Waals surface area (Å²) in [5.41, 5.74) is 1.23. The van der Waals surface area contributed by atoms with Crippen LogP contribution in [0, 0.1) is 6.92 Å². The van der Waals surface area contributed by atoms with Crippen molar-refractivity contribution in [1.82, 2.24) is 4.98 Å². The molecule has 0 unspecified atom stereocenters. The molecule has 0 radical (unpaired) electrons. The highest BCUT2D eigenvalue weighted by Gasteiger charge is 2.16. The monoisotopic (exact) mass is 355 g/mol. The van der Waals surface area contributed by atoms with Crippen LogP contribution in [0.15, 0.2) is 41.4 Å². The molecule has 2 aromatic rings. The van der Waals surface area contributed by atoms with Crippen molar-refractivity contribution in [2.45, 2.75) is 11.8 Å². The number of carbonyl (C=O) groups is 1. The van der Waals surface area contributed by atoms with Crippen LogP contribution in [0.1, 0.15) is 5.56 Å². The number of hydrogen-bond acceptors (Lipinski definition) is 5. The summed E-state index contributed by atoms with van der Waals surface area (Å²) >= 11 is 5.80. The first-order valence-corrected chi connectivity index (χ1v) is 8.28. The molecule has 1 amide bonds. The molecule has 0 aliphatic heterocycles. The molecule has 2 N–H and O–H groups in total. The standard InChI is InChI=1S/C14H14ClN3O4S/c1-9-6-12(8-16-13(9)15)23(20,21)18-11-5-3-4-10(7-11)17-14(19)22-2/h3-8,18H,1-2H3,(H,17,19). The quantitative estimate of drug-likeness (QED) is 0.821. The van der Waals surface area contributed by atoms with Gasteiger partial charge in [-0.25, -0.2) is 18.2 Å². The fraction of sp³-hybridized carbons (Fsp3) is 0.143. The van der Waals surface area contributed by atoms with Gasteiger partial charge in [-0.3, -0.25) is 10.0 Å². The average Bonchev–Trinajstić information content (AvgIpc) is 2.49. The summed E-state index contributed by atoms with van der Waals surface area (Å²) in [7, 11) is -2.58. The van der Waals surface area contributed by atoms with Gasteiger partial charge in [0.15, 0.2) is 0 Å². The molecule has 7 nitrogen and oxygen atoms in total. The topological polar surface area (TPSA) is 97.4 Å². The van der Waals surface area contributed by atoms with Crippen molar-refractivity contribution in [2.24, 2.45) is 0 Å². The number of pyridine rings is 1. The lowest BCUT2D eigenvalue weighted by Crippen LogP contribution is -2.14. The Bertz CT molecular complexity index is 840. The maximum Gasteiger partial charge on any atom is 0.411 e. The van der Waals surface area contributed by atoms with Crippen LogP contribution in [0.5, 0.6) is 0 Å². The number of anilines is 2. The lowest BCUT2D eigenvalue weighted by molar-refractivity contribution is 0.187. The number of halogens is 1. The predicted octanol–water partition coefficient (Wildman–Crippen LogP) is 3.02. The summed E-state index contributed by atoms with van der Waals surface area (Å²) in [6.07, 6.45) is 0.524. The first-order chi connectivity index (χ1) is 10.8. The van der Waals surface area contributed by atoms with E-state index in [2.05, 4.69) is 19.8 Å². The average molecular weight is 356 g/mol. The van der Waals surface area contributed by atoms with E-state index in [4.69, 9.17) is 11.6 Å². The van der Waals surface area contributed by atoms with Gasteiger partial charge in [0.2, 0.25) is 0 Å². The molecule has 122 valence electrons. The van der Waals surface area contributed by atoms with E-state index >= 15 is 0 Å². The van der Waals surface area contributed by atoms with Crippen molar-refractivity contribution in [2.75, 3.05) is 17.1 Å². The number of nitrogens with one attached hydrogen (secondary N) is 2. The minimum atomic E-state index is -3.82. The molecule has 0 saturated carbocycles. The molecule has 0 atom stereocenters. The number of sulfonamides is 1. The van der Waals surface area contributed by atoms with Crippen LogP contribution >= 0.6 is 11.6 Å². The Labute approximate surface area is 138 Å². The molecular formula is C14H14ClN3O4S. The number of aryl methyl sites for hydroxylation is 1. The van der Waals surface area contributed by atoms with Crippen LogP contribution < -0.4 is 10.0 Å². The Morgan fingerprint density at radius 1 is 1.26 bits per heavy atom. The Morgan fingerprint density at radius 2 is 1.96 bits per heavy atom. The van der Waals surface area contributed by atoms with Gasteiger partial charge in [0.05, 0.1) is 12.8 Å². The van der Waals surface area contributed by atoms with Gasteiger partial charge < -0.3 is 4.74 Å². The van der Waals surface area contributed by atoms with E-state index in [1.54, 1.807) is 25.1 Å². The van der Waals surface area contributed by atoms with Crippen molar-refractivity contribution in [1.29, 1.82) is 0 Å². The van der Waals surface area contributed by atoms with Crippen LogP contribution in [-0.2, 0) is 14.8 Å². The number of amides is 1. The number of rotatable bonds is 4. The maximum absolute atomic E-state index is 12.3. The van der Waals surface area contributed by atoms with E-state index in [1.807, 2.05) is 0 Å². The number of ether oxygens (including phenoxy) is 1.